The van der Waals surface area contributed by atoms with Crippen molar-refractivity contribution in [2.45, 2.75) is 41.7 Å². The van der Waals surface area contributed by atoms with E-state index in [1.807, 2.05) is 152 Å². The summed E-state index contributed by atoms with van der Waals surface area (Å²) in [4.78, 5) is 92.3. The second-order valence-corrected chi connectivity index (χ2v) is 19.3. The fourth-order valence-electron chi connectivity index (χ4n) is 8.55. The SMILES string of the molecule is CCOC(=O)Cn1c(SC=CC2=C(C(=O)OC(c3ccccc3)c3ccccc3)N3C(=O)C(NC(=O)C(=NOC)c4csc(NC(c5ccccc5)(c5ccccc5)c5ccccc5)n4)C3SC2)n[nH]c(=O)c1=O. The smallest absolute Gasteiger partial charge is 0.356 e. The Balaban J connectivity index is 1.00. The molecule has 1 fully saturated rings. The van der Waals surface area contributed by atoms with Gasteiger partial charge in [-0.15, -0.1) is 28.2 Å². The number of nitrogens with zero attached hydrogens (tertiary/aromatic N) is 5. The lowest BCUT2D eigenvalue weighted by atomic mass is 9.77. The number of esters is 2. The second kappa shape index (κ2) is 23.0. The first kappa shape index (κ1) is 50.6. The highest BCUT2D eigenvalue weighted by atomic mass is 32.2. The first-order valence-corrected chi connectivity index (χ1v) is 25.9. The topological polar surface area (TPSA) is 216 Å². The number of rotatable bonds is 19. The van der Waals surface area contributed by atoms with Crippen LogP contribution in [0.4, 0.5) is 5.13 Å². The number of nitrogens with one attached hydrogen (secondary N) is 3. The number of aromatic amines is 1. The fraction of sp³-hybridized carbons (Fsp3) is 0.167. The third-order valence-electron chi connectivity index (χ3n) is 11.9. The van der Waals surface area contributed by atoms with Crippen molar-refractivity contribution in [3.8, 4) is 0 Å². The van der Waals surface area contributed by atoms with Crippen LogP contribution in [0.3, 0.4) is 0 Å². The number of anilines is 1. The Bertz CT molecular complexity index is 3240. The first-order chi connectivity index (χ1) is 36.1. The molecule has 7 aromatic rings. The Labute approximate surface area is 436 Å². The van der Waals surface area contributed by atoms with Gasteiger partial charge in [-0.25, -0.2) is 14.9 Å². The van der Waals surface area contributed by atoms with Gasteiger partial charge in [0.15, 0.2) is 22.1 Å². The van der Waals surface area contributed by atoms with Crippen molar-refractivity contribution in [3.05, 3.63) is 234 Å². The van der Waals surface area contributed by atoms with Crippen molar-refractivity contribution in [3.63, 3.8) is 0 Å². The van der Waals surface area contributed by atoms with E-state index in [4.69, 9.17) is 19.3 Å². The summed E-state index contributed by atoms with van der Waals surface area (Å²) in [5.41, 5.74) is 1.55. The molecule has 74 heavy (non-hydrogen) atoms. The van der Waals surface area contributed by atoms with Gasteiger partial charge in [-0.3, -0.25) is 33.4 Å². The number of hydrogen-bond acceptors (Lipinski definition) is 16. The predicted molar refractivity (Wildman–Crippen MR) is 282 cm³/mol. The van der Waals surface area contributed by atoms with Crippen LogP contribution in [0.5, 0.6) is 0 Å². The number of ether oxygens (including phenoxy) is 2. The molecule has 0 aliphatic carbocycles. The number of benzene rings is 5. The molecule has 2 aromatic heterocycles. The Morgan fingerprint density at radius 1 is 0.851 bits per heavy atom. The monoisotopic (exact) mass is 1050 g/mol. The van der Waals surface area contributed by atoms with E-state index in [1.54, 1.807) is 18.4 Å². The number of allylic oxidation sites excluding steroid dienone is 1. The minimum Gasteiger partial charge on any atom is -0.465 e. The van der Waals surface area contributed by atoms with Crippen LogP contribution in [-0.4, -0.2) is 85.0 Å². The molecule has 9 rings (SSSR count). The zero-order valence-electron chi connectivity index (χ0n) is 39.7. The molecular formula is C54H46N8O9S3. The number of aromatic nitrogens is 4. The number of thiazole rings is 1. The van der Waals surface area contributed by atoms with Crippen LogP contribution in [0, 0.1) is 0 Å². The third kappa shape index (κ3) is 10.6. The molecular weight excluding hydrogens is 1000 g/mol. The Morgan fingerprint density at radius 2 is 1.42 bits per heavy atom. The van der Waals surface area contributed by atoms with Gasteiger partial charge in [0, 0.05) is 11.1 Å². The third-order valence-corrected chi connectivity index (χ3v) is 14.8. The molecule has 2 unspecified atom stereocenters. The summed E-state index contributed by atoms with van der Waals surface area (Å²) in [5.74, 6) is -2.75. The lowest BCUT2D eigenvalue weighted by Gasteiger charge is -2.49. The zero-order chi connectivity index (χ0) is 51.6. The Morgan fingerprint density at radius 3 is 1.97 bits per heavy atom. The van der Waals surface area contributed by atoms with E-state index in [-0.39, 0.29) is 34.6 Å². The summed E-state index contributed by atoms with van der Waals surface area (Å²) in [7, 11) is 1.30. The van der Waals surface area contributed by atoms with Crippen LogP contribution >= 0.6 is 34.9 Å². The average molecular weight is 1050 g/mol. The van der Waals surface area contributed by atoms with Crippen LogP contribution < -0.4 is 21.8 Å². The molecule has 3 N–H and O–H groups in total. The summed E-state index contributed by atoms with van der Waals surface area (Å²) in [5, 5.41) is 19.6. The molecule has 1 saturated heterocycles. The van der Waals surface area contributed by atoms with E-state index >= 15 is 0 Å². The molecule has 17 nitrogen and oxygen atoms in total. The number of oxime groups is 1. The first-order valence-electron chi connectivity index (χ1n) is 23.1. The molecule has 20 heteroatoms. The summed E-state index contributed by atoms with van der Waals surface area (Å²) in [6.45, 7) is 1.10. The highest BCUT2D eigenvalue weighted by molar-refractivity contribution is 8.02. The number of H-pyrrole nitrogens is 1. The summed E-state index contributed by atoms with van der Waals surface area (Å²) in [6, 6.07) is 47.1. The number of carbonyl (C=O) groups is 4. The molecule has 2 aliphatic heterocycles. The predicted octanol–water partition coefficient (Wildman–Crippen LogP) is 7.00. The molecule has 5 aromatic carbocycles. The number of carbonyl (C=O) groups excluding carboxylic acids is 4. The van der Waals surface area contributed by atoms with Crippen LogP contribution in [0.1, 0.15) is 46.5 Å². The normalized spacial score (nSPS) is 15.6. The van der Waals surface area contributed by atoms with Crippen molar-refractivity contribution < 1.29 is 33.5 Å². The number of amides is 2. The lowest BCUT2D eigenvalue weighted by Crippen LogP contribution is -2.71. The van der Waals surface area contributed by atoms with Gasteiger partial charge in [0.25, 0.3) is 11.8 Å². The van der Waals surface area contributed by atoms with Gasteiger partial charge in [-0.1, -0.05) is 169 Å². The highest BCUT2D eigenvalue weighted by Crippen LogP contribution is 2.43. The van der Waals surface area contributed by atoms with Crippen molar-refractivity contribution in [2.75, 3.05) is 24.8 Å². The summed E-state index contributed by atoms with van der Waals surface area (Å²) < 4.78 is 12.2. The van der Waals surface area contributed by atoms with E-state index in [2.05, 4.69) is 26.0 Å². The Kier molecular flexibility index (Phi) is 15.8. The molecule has 0 radical (unpaired) electrons. The molecule has 0 bridgehead atoms. The molecule has 2 aliphatic rings. The van der Waals surface area contributed by atoms with Gasteiger partial charge in [-0.05, 0) is 51.8 Å². The Hall–Kier alpha value is -8.33. The zero-order valence-corrected chi connectivity index (χ0v) is 42.1. The number of β-lactam (4-membered cyclic amide) rings is 1. The van der Waals surface area contributed by atoms with Gasteiger partial charge in [-0.2, -0.15) is 0 Å². The van der Waals surface area contributed by atoms with Crippen LogP contribution in [-0.2, 0) is 45.6 Å². The van der Waals surface area contributed by atoms with Crippen LogP contribution in [0.25, 0.3) is 0 Å². The van der Waals surface area contributed by atoms with Crippen LogP contribution in [0.2, 0.25) is 0 Å². The van der Waals surface area contributed by atoms with Gasteiger partial charge < -0.3 is 24.9 Å². The molecule has 2 atom stereocenters. The van der Waals surface area contributed by atoms with Crippen molar-refractivity contribution in [2.24, 2.45) is 5.16 Å². The second-order valence-electron chi connectivity index (χ2n) is 16.4. The molecule has 0 spiro atoms. The number of hydrogen-bond donors (Lipinski definition) is 3. The molecule has 374 valence electrons. The van der Waals surface area contributed by atoms with Crippen molar-refractivity contribution >= 4 is 69.5 Å². The van der Waals surface area contributed by atoms with Crippen molar-refractivity contribution in [1.82, 2.24) is 30.0 Å². The van der Waals surface area contributed by atoms with Gasteiger partial charge in [0.1, 0.15) is 42.0 Å². The standard InChI is InChI=1S/C54H46N8O9S3/c1-3-70-41(63)31-61-49(67)47(65)58-59-53(61)72-30-29-36-32-73-50-43(48(66)62(50)44(36)51(68)71-45(34-19-9-4-10-20-34)35-21-11-5-12-22-35)56-46(64)42(60-69-2)40-33-74-52(55-40)57-54(37-23-13-6-14-24-37,38-25-15-7-16-26-38)39-27-17-8-18-28-39/h4-30,33,43,45,50H,3,31-32H2,1-2H3,(H,55,57)(H,56,64)(H,58,65). The van der Waals surface area contributed by atoms with Gasteiger partial charge in [0.2, 0.25) is 0 Å². The van der Waals surface area contributed by atoms with E-state index in [1.165, 1.54) is 40.5 Å². The fourth-order valence-corrected chi connectivity index (χ4v) is 11.3. The highest BCUT2D eigenvalue weighted by Gasteiger charge is 2.55. The molecule has 2 amide bonds. The maximum Gasteiger partial charge on any atom is 0.356 e. The maximum atomic E-state index is 14.7. The summed E-state index contributed by atoms with van der Waals surface area (Å²) >= 11 is 3.44. The summed E-state index contributed by atoms with van der Waals surface area (Å²) in [6.07, 6.45) is 0.692. The minimum absolute atomic E-state index is 0.0413. The van der Waals surface area contributed by atoms with Gasteiger partial charge >= 0.3 is 23.1 Å². The maximum absolute atomic E-state index is 14.7. The minimum atomic E-state index is -1.11. The van der Waals surface area contributed by atoms with E-state index < -0.39 is 64.5 Å². The number of fused-ring (bicyclic) bond motifs is 1. The molecule has 4 heterocycles. The van der Waals surface area contributed by atoms with E-state index in [0.717, 1.165) is 33.0 Å². The van der Waals surface area contributed by atoms with Crippen LogP contribution in [0.15, 0.2) is 200 Å². The van der Waals surface area contributed by atoms with E-state index in [0.29, 0.717) is 21.8 Å². The lowest BCUT2D eigenvalue weighted by molar-refractivity contribution is -0.154. The van der Waals surface area contributed by atoms with E-state index in [9.17, 15) is 28.8 Å². The molecule has 0 saturated carbocycles. The van der Waals surface area contributed by atoms with Crippen molar-refractivity contribution in [1.29, 1.82) is 0 Å². The number of thioether (sulfide) groups is 2. The largest absolute Gasteiger partial charge is 0.465 e. The van der Waals surface area contributed by atoms with Gasteiger partial charge in [0.05, 0.1) is 6.61 Å². The quantitative estimate of drug-likeness (QED) is 0.0142. The average Bonchev–Trinajstić information content (AvgIpc) is 3.91.